The van der Waals surface area contributed by atoms with Crippen LogP contribution in [0.25, 0.3) is 0 Å². The lowest BCUT2D eigenvalue weighted by atomic mass is 10.1. The van der Waals surface area contributed by atoms with Gasteiger partial charge in [0.2, 0.25) is 5.91 Å². The molecule has 0 aliphatic rings. The number of methoxy groups -OCH3 is 2. The van der Waals surface area contributed by atoms with Crippen molar-refractivity contribution in [1.29, 1.82) is 0 Å². The van der Waals surface area contributed by atoms with Crippen LogP contribution in [0.1, 0.15) is 11.1 Å². The molecular formula is C14H22N2O3. The first-order valence-electron chi connectivity index (χ1n) is 6.24. The molecule has 0 bridgehead atoms. The van der Waals surface area contributed by atoms with Crippen LogP contribution in [-0.4, -0.2) is 39.3 Å². The number of carbonyl (C=O) groups is 1. The van der Waals surface area contributed by atoms with Crippen LogP contribution in [-0.2, 0) is 16.0 Å². The van der Waals surface area contributed by atoms with E-state index in [0.29, 0.717) is 13.0 Å². The molecule has 1 aromatic rings. The fourth-order valence-electron chi connectivity index (χ4n) is 1.81. The number of carbonyl (C=O) groups excluding carboxylic acids is 1. The van der Waals surface area contributed by atoms with Gasteiger partial charge in [-0.2, -0.15) is 0 Å². The van der Waals surface area contributed by atoms with E-state index in [9.17, 15) is 4.79 Å². The zero-order valence-corrected chi connectivity index (χ0v) is 11.7. The lowest BCUT2D eigenvalue weighted by molar-refractivity contribution is -0.123. The van der Waals surface area contributed by atoms with E-state index >= 15 is 0 Å². The topological polar surface area (TPSA) is 73.6 Å². The molecule has 0 radical (unpaired) electrons. The Labute approximate surface area is 114 Å². The summed E-state index contributed by atoms with van der Waals surface area (Å²) >= 11 is 0. The molecule has 0 heterocycles. The molecule has 0 fully saturated rings. The van der Waals surface area contributed by atoms with E-state index in [2.05, 4.69) is 11.4 Å². The van der Waals surface area contributed by atoms with Gasteiger partial charge < -0.3 is 20.5 Å². The molecule has 0 aliphatic heterocycles. The summed E-state index contributed by atoms with van der Waals surface area (Å²) in [6.07, 6.45) is 0.705. The largest absolute Gasteiger partial charge is 0.496 e. The van der Waals surface area contributed by atoms with Crippen LogP contribution in [0.3, 0.4) is 0 Å². The second kappa shape index (κ2) is 7.76. The third-order valence-corrected chi connectivity index (χ3v) is 2.81. The number of hydrogen-bond acceptors (Lipinski definition) is 4. The molecule has 0 aromatic heterocycles. The SMILES string of the molecule is COCC(N)C(=O)NCCc1cc(C)ccc1OC. The molecule has 0 aliphatic carbocycles. The van der Waals surface area contributed by atoms with Gasteiger partial charge in [0.05, 0.1) is 13.7 Å². The maximum atomic E-state index is 11.6. The lowest BCUT2D eigenvalue weighted by Crippen LogP contribution is -2.44. The highest BCUT2D eigenvalue weighted by Crippen LogP contribution is 2.19. The molecular weight excluding hydrogens is 244 g/mol. The first-order chi connectivity index (χ1) is 9.08. The van der Waals surface area contributed by atoms with Gasteiger partial charge in [0, 0.05) is 13.7 Å². The molecule has 19 heavy (non-hydrogen) atoms. The Morgan fingerprint density at radius 1 is 1.42 bits per heavy atom. The molecule has 0 saturated carbocycles. The first kappa shape index (κ1) is 15.5. The summed E-state index contributed by atoms with van der Waals surface area (Å²) in [5, 5.41) is 2.79. The Morgan fingerprint density at radius 2 is 2.16 bits per heavy atom. The van der Waals surface area contributed by atoms with E-state index in [4.69, 9.17) is 15.2 Å². The van der Waals surface area contributed by atoms with Crippen LogP contribution in [0.2, 0.25) is 0 Å². The van der Waals surface area contributed by atoms with Crippen LogP contribution >= 0.6 is 0 Å². The molecule has 5 heteroatoms. The van der Waals surface area contributed by atoms with Crippen LogP contribution < -0.4 is 15.8 Å². The minimum Gasteiger partial charge on any atom is -0.496 e. The average molecular weight is 266 g/mol. The maximum Gasteiger partial charge on any atom is 0.239 e. The van der Waals surface area contributed by atoms with Crippen LogP contribution in [0.5, 0.6) is 5.75 Å². The van der Waals surface area contributed by atoms with Gasteiger partial charge in [-0.05, 0) is 25.0 Å². The van der Waals surface area contributed by atoms with E-state index in [1.165, 1.54) is 12.7 Å². The van der Waals surface area contributed by atoms with E-state index < -0.39 is 6.04 Å². The molecule has 0 saturated heterocycles. The Hall–Kier alpha value is -1.59. The fraction of sp³-hybridized carbons (Fsp3) is 0.500. The zero-order chi connectivity index (χ0) is 14.3. The van der Waals surface area contributed by atoms with E-state index in [0.717, 1.165) is 11.3 Å². The van der Waals surface area contributed by atoms with Crippen LogP contribution in [0.15, 0.2) is 18.2 Å². The van der Waals surface area contributed by atoms with Crippen molar-refractivity contribution >= 4 is 5.91 Å². The monoisotopic (exact) mass is 266 g/mol. The number of benzene rings is 1. The Bertz CT molecular complexity index is 421. The summed E-state index contributed by atoms with van der Waals surface area (Å²) < 4.78 is 10.1. The summed E-state index contributed by atoms with van der Waals surface area (Å²) in [7, 11) is 3.16. The van der Waals surface area contributed by atoms with E-state index in [1.807, 2.05) is 19.1 Å². The Morgan fingerprint density at radius 3 is 2.79 bits per heavy atom. The van der Waals surface area contributed by atoms with Gasteiger partial charge in [-0.25, -0.2) is 0 Å². The number of nitrogens with two attached hydrogens (primary N) is 1. The van der Waals surface area contributed by atoms with Crippen molar-refractivity contribution in [2.24, 2.45) is 5.73 Å². The van der Waals surface area contributed by atoms with Gasteiger partial charge >= 0.3 is 0 Å². The van der Waals surface area contributed by atoms with Gasteiger partial charge in [0.15, 0.2) is 0 Å². The normalized spacial score (nSPS) is 12.0. The zero-order valence-electron chi connectivity index (χ0n) is 11.7. The van der Waals surface area contributed by atoms with Crippen molar-refractivity contribution in [3.8, 4) is 5.75 Å². The highest BCUT2D eigenvalue weighted by molar-refractivity contribution is 5.81. The van der Waals surface area contributed by atoms with E-state index in [-0.39, 0.29) is 12.5 Å². The molecule has 3 N–H and O–H groups in total. The number of amides is 1. The van der Waals surface area contributed by atoms with E-state index in [1.54, 1.807) is 7.11 Å². The minimum atomic E-state index is -0.621. The van der Waals surface area contributed by atoms with Crippen molar-refractivity contribution in [3.05, 3.63) is 29.3 Å². The average Bonchev–Trinajstić information content (AvgIpc) is 2.39. The van der Waals surface area contributed by atoms with Crippen LogP contribution in [0, 0.1) is 6.92 Å². The first-order valence-corrected chi connectivity index (χ1v) is 6.24. The molecule has 1 atom stereocenters. The van der Waals surface area contributed by atoms with Crippen molar-refractivity contribution in [2.75, 3.05) is 27.4 Å². The summed E-state index contributed by atoms with van der Waals surface area (Å²) in [4.78, 5) is 11.6. The minimum absolute atomic E-state index is 0.200. The Kier molecular flexibility index (Phi) is 6.32. The predicted octanol–water partition coefficient (Wildman–Crippen LogP) is 0.636. The quantitative estimate of drug-likeness (QED) is 0.759. The van der Waals surface area contributed by atoms with Crippen molar-refractivity contribution in [1.82, 2.24) is 5.32 Å². The maximum absolute atomic E-state index is 11.6. The Balaban J connectivity index is 2.49. The summed E-state index contributed by atoms with van der Waals surface area (Å²) in [5.74, 6) is 0.634. The van der Waals surface area contributed by atoms with Gasteiger partial charge in [-0.3, -0.25) is 4.79 Å². The van der Waals surface area contributed by atoms with Crippen molar-refractivity contribution in [2.45, 2.75) is 19.4 Å². The summed E-state index contributed by atoms with van der Waals surface area (Å²) in [6, 6.07) is 5.36. The highest BCUT2D eigenvalue weighted by Gasteiger charge is 2.12. The van der Waals surface area contributed by atoms with Crippen LogP contribution in [0.4, 0.5) is 0 Å². The van der Waals surface area contributed by atoms with Crippen molar-refractivity contribution in [3.63, 3.8) is 0 Å². The number of hydrogen-bond donors (Lipinski definition) is 2. The fourth-order valence-corrected chi connectivity index (χ4v) is 1.81. The van der Waals surface area contributed by atoms with Crippen molar-refractivity contribution < 1.29 is 14.3 Å². The highest BCUT2D eigenvalue weighted by atomic mass is 16.5. The molecule has 1 amide bonds. The summed E-state index contributed by atoms with van der Waals surface area (Å²) in [6.45, 7) is 2.77. The second-order valence-electron chi connectivity index (χ2n) is 4.42. The van der Waals surface area contributed by atoms with Gasteiger partial charge in [-0.15, -0.1) is 0 Å². The third kappa shape index (κ3) is 4.89. The predicted molar refractivity (Wildman–Crippen MR) is 74.3 cm³/mol. The van der Waals surface area contributed by atoms with Gasteiger partial charge in [0.1, 0.15) is 11.8 Å². The third-order valence-electron chi connectivity index (χ3n) is 2.81. The number of ether oxygens (including phenoxy) is 2. The standard InChI is InChI=1S/C14H22N2O3/c1-10-4-5-13(19-3)11(8-10)6-7-16-14(17)12(15)9-18-2/h4-5,8,12H,6-7,9,15H2,1-3H3,(H,16,17). The molecule has 1 aromatic carbocycles. The second-order valence-corrected chi connectivity index (χ2v) is 4.42. The number of nitrogens with one attached hydrogen (secondary N) is 1. The molecule has 106 valence electrons. The lowest BCUT2D eigenvalue weighted by Gasteiger charge is -2.13. The number of aryl methyl sites for hydroxylation is 1. The summed E-state index contributed by atoms with van der Waals surface area (Å²) in [5.41, 5.74) is 7.86. The van der Waals surface area contributed by atoms with Gasteiger partial charge in [0.25, 0.3) is 0 Å². The molecule has 1 rings (SSSR count). The molecule has 1 unspecified atom stereocenters. The molecule has 0 spiro atoms. The van der Waals surface area contributed by atoms with Gasteiger partial charge in [-0.1, -0.05) is 17.7 Å². The molecule has 5 nitrogen and oxygen atoms in total. The number of rotatable bonds is 7. The smallest absolute Gasteiger partial charge is 0.239 e.